The van der Waals surface area contributed by atoms with Gasteiger partial charge in [-0.2, -0.15) is 0 Å². The number of urea groups is 1. The quantitative estimate of drug-likeness (QED) is 0.116. The van der Waals surface area contributed by atoms with Crippen molar-refractivity contribution in [3.8, 4) is 0 Å². The molecule has 1 aromatic carbocycles. The van der Waals surface area contributed by atoms with E-state index in [-0.39, 0.29) is 23.8 Å². The number of benzene rings is 1. The number of nitrogens with two attached hydrogens (primary N) is 1. The van der Waals surface area contributed by atoms with Crippen LogP contribution in [0, 0.1) is 17.8 Å². The van der Waals surface area contributed by atoms with Crippen molar-refractivity contribution in [1.82, 2.24) is 20.9 Å². The van der Waals surface area contributed by atoms with Crippen molar-refractivity contribution in [2.75, 3.05) is 39.3 Å². The first-order valence-electron chi connectivity index (χ1n) is 14.6. The van der Waals surface area contributed by atoms with Crippen LogP contribution in [0.25, 0.3) is 0 Å². The number of nitrogens with one attached hydrogen (secondary N) is 3. The Kier molecular flexibility index (Phi) is 15.0. The molecule has 1 fully saturated rings. The van der Waals surface area contributed by atoms with Gasteiger partial charge in [0, 0.05) is 19.6 Å². The van der Waals surface area contributed by atoms with Gasteiger partial charge in [0.2, 0.25) is 5.91 Å². The molecule has 0 spiro atoms. The Balaban J connectivity index is 1.78. The zero-order valence-electron chi connectivity index (χ0n) is 24.3. The lowest BCUT2D eigenvalue weighted by molar-refractivity contribution is -0.124. The van der Waals surface area contributed by atoms with Gasteiger partial charge in [-0.15, -0.1) is 0 Å². The zero-order chi connectivity index (χ0) is 28.5. The summed E-state index contributed by atoms with van der Waals surface area (Å²) in [7, 11) is 0. The second-order valence-corrected chi connectivity index (χ2v) is 10.4. The predicted molar refractivity (Wildman–Crippen MR) is 161 cm³/mol. The maximum atomic E-state index is 13.2. The molecular weight excluding hydrogens is 488 g/mol. The predicted octanol–water partition coefficient (Wildman–Crippen LogP) is 4.25. The number of nitrogens with zero attached hydrogens (tertiary/aromatic N) is 2. The summed E-state index contributed by atoms with van der Waals surface area (Å²) < 4.78 is 0. The van der Waals surface area contributed by atoms with E-state index in [0.29, 0.717) is 37.9 Å². The Morgan fingerprint density at radius 3 is 2.54 bits per heavy atom. The smallest absolute Gasteiger partial charge is 0.321 e. The Morgan fingerprint density at radius 2 is 1.87 bits per heavy atom. The van der Waals surface area contributed by atoms with Crippen LogP contribution in [-0.4, -0.2) is 62.1 Å². The molecule has 3 amide bonds. The molecule has 0 bridgehead atoms. The molecule has 5 N–H and O–H groups in total. The van der Waals surface area contributed by atoms with Gasteiger partial charge < -0.3 is 21.3 Å². The summed E-state index contributed by atoms with van der Waals surface area (Å²) >= 11 is 0. The summed E-state index contributed by atoms with van der Waals surface area (Å²) in [5, 5.41) is 8.69. The maximum Gasteiger partial charge on any atom is 0.321 e. The van der Waals surface area contributed by atoms with Crippen LogP contribution in [-0.2, 0) is 11.2 Å². The van der Waals surface area contributed by atoms with E-state index in [9.17, 15) is 9.59 Å². The molecule has 8 nitrogen and oxygen atoms in total. The van der Waals surface area contributed by atoms with Crippen LogP contribution in [0.2, 0.25) is 0 Å². The van der Waals surface area contributed by atoms with Gasteiger partial charge in [0.1, 0.15) is 0 Å². The molecule has 8 heteroatoms. The molecule has 2 rings (SSSR count). The highest BCUT2D eigenvalue weighted by Gasteiger charge is 2.25. The van der Waals surface area contributed by atoms with Crippen molar-refractivity contribution in [2.45, 2.75) is 59.3 Å². The molecule has 0 aliphatic heterocycles. The normalized spacial score (nSPS) is 18.9. The van der Waals surface area contributed by atoms with E-state index in [2.05, 4.69) is 58.4 Å². The number of carbonyl (C=O) groups excluding carboxylic acids is 2. The summed E-state index contributed by atoms with van der Waals surface area (Å²) in [6.45, 7) is 15.0. The Morgan fingerprint density at radius 1 is 1.15 bits per heavy atom. The Labute approximate surface area is 235 Å². The lowest BCUT2D eigenvalue weighted by Gasteiger charge is -2.29. The molecule has 3 unspecified atom stereocenters. The topological polar surface area (TPSA) is 112 Å². The summed E-state index contributed by atoms with van der Waals surface area (Å²) in [6, 6.07) is 9.79. The highest BCUT2D eigenvalue weighted by Crippen LogP contribution is 2.29. The Bertz CT molecular complexity index is 942. The standard InChI is InChI=1S/C31H50N6O2/c1-5-27(6-2)28(21-24-14-10-9-11-15-24)29(38)34-22-25-16-12-17-26(20-25)23-35-30(32)36-31(39)33-18-13-19-37(7-3)8-4/h5-6,9-11,14-15,25-26,28H,1,7-8,12-13,16-23H2,2-4H3,(H,34,38)(H4,32,33,35,36,39)/b27-6+. The van der Waals surface area contributed by atoms with E-state index in [1.807, 2.05) is 31.2 Å². The number of allylic oxidation sites excluding steroid dienone is 2. The van der Waals surface area contributed by atoms with Crippen molar-refractivity contribution in [1.29, 1.82) is 0 Å². The van der Waals surface area contributed by atoms with E-state index in [1.165, 1.54) is 0 Å². The lowest BCUT2D eigenvalue weighted by Crippen LogP contribution is -2.44. The van der Waals surface area contributed by atoms with Gasteiger partial charge in [-0.1, -0.05) is 69.3 Å². The zero-order valence-corrected chi connectivity index (χ0v) is 24.3. The number of hydrogen-bond donors (Lipinski definition) is 4. The molecule has 3 atom stereocenters. The van der Waals surface area contributed by atoms with Crippen LogP contribution in [0.5, 0.6) is 0 Å². The third-order valence-corrected chi connectivity index (χ3v) is 7.62. The number of amides is 3. The lowest BCUT2D eigenvalue weighted by atomic mass is 9.81. The van der Waals surface area contributed by atoms with Crippen LogP contribution < -0.4 is 21.7 Å². The minimum Gasteiger partial charge on any atom is -0.370 e. The molecule has 0 radical (unpaired) electrons. The van der Waals surface area contributed by atoms with Gasteiger partial charge in [-0.3, -0.25) is 15.1 Å². The van der Waals surface area contributed by atoms with Crippen molar-refractivity contribution in [2.24, 2.45) is 28.5 Å². The Hall–Kier alpha value is -3.13. The molecule has 39 heavy (non-hydrogen) atoms. The van der Waals surface area contributed by atoms with Gasteiger partial charge in [0.25, 0.3) is 0 Å². The molecule has 0 heterocycles. The molecule has 1 saturated carbocycles. The van der Waals surface area contributed by atoms with Crippen LogP contribution in [0.4, 0.5) is 4.79 Å². The summed E-state index contributed by atoms with van der Waals surface area (Å²) in [5.41, 5.74) is 8.05. The highest BCUT2D eigenvalue weighted by atomic mass is 16.2. The fourth-order valence-corrected chi connectivity index (χ4v) is 5.27. The average molecular weight is 539 g/mol. The fourth-order valence-electron chi connectivity index (χ4n) is 5.27. The van der Waals surface area contributed by atoms with Crippen LogP contribution in [0.15, 0.2) is 59.6 Å². The van der Waals surface area contributed by atoms with Gasteiger partial charge in [-0.25, -0.2) is 4.79 Å². The molecule has 1 aliphatic rings. The molecule has 1 aromatic rings. The molecule has 0 saturated heterocycles. The largest absolute Gasteiger partial charge is 0.370 e. The third-order valence-electron chi connectivity index (χ3n) is 7.62. The summed E-state index contributed by atoms with van der Waals surface area (Å²) in [6.07, 6.45) is 9.54. The maximum absolute atomic E-state index is 13.2. The molecule has 1 aliphatic carbocycles. The van der Waals surface area contributed by atoms with Crippen molar-refractivity contribution >= 4 is 17.9 Å². The first-order valence-corrected chi connectivity index (χ1v) is 14.6. The van der Waals surface area contributed by atoms with Gasteiger partial charge in [0.05, 0.1) is 5.92 Å². The fraction of sp³-hybridized carbons (Fsp3) is 0.581. The molecular formula is C31H50N6O2. The van der Waals surface area contributed by atoms with Gasteiger partial charge in [-0.05, 0) is 81.6 Å². The number of aliphatic imine (C=N–C) groups is 1. The monoisotopic (exact) mass is 538 g/mol. The number of carbonyl (C=O) groups is 2. The minimum atomic E-state index is -0.315. The number of rotatable bonds is 15. The van der Waals surface area contributed by atoms with Crippen molar-refractivity contribution < 1.29 is 9.59 Å². The summed E-state index contributed by atoms with van der Waals surface area (Å²) in [4.78, 5) is 32.1. The van der Waals surface area contributed by atoms with E-state index in [4.69, 9.17) is 5.73 Å². The number of guanidine groups is 1. The third kappa shape index (κ3) is 12.1. The second-order valence-electron chi connectivity index (χ2n) is 10.4. The van der Waals surface area contributed by atoms with Crippen LogP contribution in [0.1, 0.15) is 58.4 Å². The molecule has 0 aromatic heterocycles. The molecule has 216 valence electrons. The van der Waals surface area contributed by atoms with E-state index < -0.39 is 0 Å². The van der Waals surface area contributed by atoms with Crippen LogP contribution >= 0.6 is 0 Å². The van der Waals surface area contributed by atoms with Crippen LogP contribution in [0.3, 0.4) is 0 Å². The van der Waals surface area contributed by atoms with E-state index in [0.717, 1.165) is 62.9 Å². The average Bonchev–Trinajstić information content (AvgIpc) is 2.95. The van der Waals surface area contributed by atoms with Crippen molar-refractivity contribution in [3.05, 3.63) is 60.2 Å². The van der Waals surface area contributed by atoms with E-state index in [1.54, 1.807) is 6.08 Å². The number of hydrogen-bond acceptors (Lipinski definition) is 4. The minimum absolute atomic E-state index is 0.0450. The van der Waals surface area contributed by atoms with Crippen molar-refractivity contribution in [3.63, 3.8) is 0 Å². The first kappa shape index (κ1) is 32.1. The SMILES string of the molecule is C=C/C(=C\C)C(Cc1ccccc1)C(=O)NCC1CCCC(CN=C(N)NC(=O)NCCCN(CC)CC)C1. The van der Waals surface area contributed by atoms with E-state index >= 15 is 0 Å². The second kappa shape index (κ2) is 18.2. The summed E-state index contributed by atoms with van der Waals surface area (Å²) in [5.74, 6) is 0.731. The first-order chi connectivity index (χ1) is 18.9. The van der Waals surface area contributed by atoms with Gasteiger partial charge >= 0.3 is 6.03 Å². The highest BCUT2D eigenvalue weighted by molar-refractivity contribution is 5.95. The van der Waals surface area contributed by atoms with Gasteiger partial charge in [0.15, 0.2) is 5.96 Å².